The molecule has 1 atom stereocenters. The van der Waals surface area contributed by atoms with Crippen LogP contribution in [0.3, 0.4) is 0 Å². The van der Waals surface area contributed by atoms with Crippen molar-refractivity contribution in [1.29, 1.82) is 0 Å². The fourth-order valence-electron chi connectivity index (χ4n) is 1.60. The summed E-state index contributed by atoms with van der Waals surface area (Å²) in [6.07, 6.45) is -0.485. The van der Waals surface area contributed by atoms with Crippen molar-refractivity contribution in [2.75, 3.05) is 26.9 Å². The summed E-state index contributed by atoms with van der Waals surface area (Å²) >= 11 is 0. The van der Waals surface area contributed by atoms with Crippen LogP contribution in [0.15, 0.2) is 24.3 Å². The zero-order valence-electron chi connectivity index (χ0n) is 9.14. The van der Waals surface area contributed by atoms with Gasteiger partial charge in [-0.15, -0.1) is 0 Å². The van der Waals surface area contributed by atoms with Crippen molar-refractivity contribution >= 4 is 5.78 Å². The van der Waals surface area contributed by atoms with E-state index < -0.39 is 6.10 Å². The molecular formula is C12H14O4. The van der Waals surface area contributed by atoms with Crippen molar-refractivity contribution in [1.82, 2.24) is 0 Å². The minimum Gasteiger partial charge on any atom is -0.497 e. The Morgan fingerprint density at radius 2 is 2.31 bits per heavy atom. The Hall–Kier alpha value is -1.39. The van der Waals surface area contributed by atoms with E-state index in [1.54, 1.807) is 31.4 Å². The minimum absolute atomic E-state index is 0.0569. The maximum absolute atomic E-state index is 12.0. The van der Waals surface area contributed by atoms with E-state index in [-0.39, 0.29) is 5.78 Å². The number of benzene rings is 1. The molecular weight excluding hydrogens is 208 g/mol. The molecule has 16 heavy (non-hydrogen) atoms. The van der Waals surface area contributed by atoms with Gasteiger partial charge in [-0.05, 0) is 12.1 Å². The highest BCUT2D eigenvalue weighted by Gasteiger charge is 2.23. The van der Waals surface area contributed by atoms with Gasteiger partial charge >= 0.3 is 0 Å². The van der Waals surface area contributed by atoms with Crippen LogP contribution in [-0.2, 0) is 9.47 Å². The van der Waals surface area contributed by atoms with E-state index in [0.717, 1.165) is 0 Å². The lowest BCUT2D eigenvalue weighted by Crippen LogP contribution is -2.35. The Bertz CT molecular complexity index is 369. The van der Waals surface area contributed by atoms with Crippen molar-refractivity contribution < 1.29 is 19.0 Å². The van der Waals surface area contributed by atoms with Crippen LogP contribution >= 0.6 is 0 Å². The number of methoxy groups -OCH3 is 1. The van der Waals surface area contributed by atoms with Crippen molar-refractivity contribution in [3.63, 3.8) is 0 Å². The van der Waals surface area contributed by atoms with Crippen molar-refractivity contribution in [2.24, 2.45) is 0 Å². The second-order valence-electron chi connectivity index (χ2n) is 3.53. The van der Waals surface area contributed by atoms with Gasteiger partial charge in [0.15, 0.2) is 5.78 Å². The summed E-state index contributed by atoms with van der Waals surface area (Å²) in [5.41, 5.74) is 0.592. The molecule has 0 spiro atoms. The lowest BCUT2D eigenvalue weighted by Gasteiger charge is -2.21. The molecule has 1 heterocycles. The summed E-state index contributed by atoms with van der Waals surface area (Å²) in [6, 6.07) is 7.05. The van der Waals surface area contributed by atoms with Gasteiger partial charge in [0, 0.05) is 5.56 Å². The van der Waals surface area contributed by atoms with Crippen molar-refractivity contribution in [2.45, 2.75) is 6.10 Å². The van der Waals surface area contributed by atoms with Gasteiger partial charge in [-0.2, -0.15) is 0 Å². The lowest BCUT2D eigenvalue weighted by molar-refractivity contribution is -0.0719. The number of ketones is 1. The molecule has 1 unspecified atom stereocenters. The van der Waals surface area contributed by atoms with Gasteiger partial charge in [0.25, 0.3) is 0 Å². The van der Waals surface area contributed by atoms with E-state index in [1.165, 1.54) is 0 Å². The molecule has 0 bridgehead atoms. The van der Waals surface area contributed by atoms with Crippen LogP contribution in [0, 0.1) is 0 Å². The van der Waals surface area contributed by atoms with Gasteiger partial charge in [-0.3, -0.25) is 4.79 Å². The molecule has 0 saturated carbocycles. The molecule has 1 aliphatic rings. The molecule has 4 nitrogen and oxygen atoms in total. The maximum Gasteiger partial charge on any atom is 0.194 e. The molecule has 0 radical (unpaired) electrons. The summed E-state index contributed by atoms with van der Waals surface area (Å²) in [7, 11) is 1.57. The summed E-state index contributed by atoms with van der Waals surface area (Å²) in [5.74, 6) is 0.612. The van der Waals surface area contributed by atoms with Crippen molar-refractivity contribution in [3.05, 3.63) is 29.8 Å². The van der Waals surface area contributed by atoms with E-state index in [4.69, 9.17) is 14.2 Å². The largest absolute Gasteiger partial charge is 0.497 e. The van der Waals surface area contributed by atoms with Gasteiger partial charge in [0.1, 0.15) is 11.9 Å². The van der Waals surface area contributed by atoms with Gasteiger partial charge in [0.05, 0.1) is 26.9 Å². The monoisotopic (exact) mass is 222 g/mol. The molecule has 1 aromatic rings. The van der Waals surface area contributed by atoms with Crippen LogP contribution in [0.4, 0.5) is 0 Å². The van der Waals surface area contributed by atoms with Crippen LogP contribution in [0.25, 0.3) is 0 Å². The van der Waals surface area contributed by atoms with Gasteiger partial charge < -0.3 is 14.2 Å². The second kappa shape index (κ2) is 5.09. The van der Waals surface area contributed by atoms with Gasteiger partial charge in [-0.25, -0.2) is 0 Å². The standard InChI is InChI=1S/C12H14O4/c1-14-10-4-2-3-9(7-10)12(13)11-8-15-5-6-16-11/h2-4,7,11H,5-6,8H2,1H3. The first-order valence-corrected chi connectivity index (χ1v) is 5.19. The second-order valence-corrected chi connectivity index (χ2v) is 3.53. The highest BCUT2D eigenvalue weighted by Crippen LogP contribution is 2.16. The molecule has 0 aromatic heterocycles. The van der Waals surface area contributed by atoms with Crippen LogP contribution in [0.1, 0.15) is 10.4 Å². The first kappa shape index (κ1) is 11.1. The third kappa shape index (κ3) is 2.40. The average Bonchev–Trinajstić information content (AvgIpc) is 2.39. The molecule has 0 aliphatic carbocycles. The van der Waals surface area contributed by atoms with Crippen LogP contribution in [0.5, 0.6) is 5.75 Å². The summed E-state index contributed by atoms with van der Waals surface area (Å²) in [4.78, 5) is 12.0. The Morgan fingerprint density at radius 1 is 1.44 bits per heavy atom. The van der Waals surface area contributed by atoms with Crippen LogP contribution < -0.4 is 4.74 Å². The van der Waals surface area contributed by atoms with E-state index in [2.05, 4.69) is 0 Å². The SMILES string of the molecule is COc1cccc(C(=O)C2COCCO2)c1. The first-order valence-electron chi connectivity index (χ1n) is 5.19. The summed E-state index contributed by atoms with van der Waals surface area (Å²) in [6.45, 7) is 1.36. The Labute approximate surface area is 94.1 Å². The number of hydrogen-bond acceptors (Lipinski definition) is 4. The van der Waals surface area contributed by atoms with Crippen molar-refractivity contribution in [3.8, 4) is 5.75 Å². The third-order valence-corrected chi connectivity index (χ3v) is 2.46. The fourth-order valence-corrected chi connectivity index (χ4v) is 1.60. The predicted octanol–water partition coefficient (Wildman–Crippen LogP) is 1.29. The Morgan fingerprint density at radius 3 is 3.00 bits per heavy atom. The number of rotatable bonds is 3. The Balaban J connectivity index is 2.12. The maximum atomic E-state index is 12.0. The zero-order valence-corrected chi connectivity index (χ0v) is 9.14. The smallest absolute Gasteiger partial charge is 0.194 e. The Kier molecular flexibility index (Phi) is 3.54. The number of hydrogen-bond donors (Lipinski definition) is 0. The van der Waals surface area contributed by atoms with Gasteiger partial charge in [0.2, 0.25) is 0 Å². The van der Waals surface area contributed by atoms with Crippen LogP contribution in [-0.4, -0.2) is 38.8 Å². The first-order chi connectivity index (χ1) is 7.81. The minimum atomic E-state index is -0.485. The number of Topliss-reactive ketones (excluding diaryl/α,β-unsaturated/α-hetero) is 1. The fraction of sp³-hybridized carbons (Fsp3) is 0.417. The van der Waals surface area contributed by atoms with E-state index in [9.17, 15) is 4.79 Å². The summed E-state index contributed by atoms with van der Waals surface area (Å²) in [5, 5.41) is 0. The molecule has 86 valence electrons. The predicted molar refractivity (Wildman–Crippen MR) is 57.9 cm³/mol. The molecule has 1 fully saturated rings. The number of ether oxygens (including phenoxy) is 3. The average molecular weight is 222 g/mol. The van der Waals surface area contributed by atoms with Crippen LogP contribution in [0.2, 0.25) is 0 Å². The third-order valence-electron chi connectivity index (χ3n) is 2.46. The normalized spacial score (nSPS) is 20.4. The molecule has 0 N–H and O–H groups in total. The van der Waals surface area contributed by atoms with Gasteiger partial charge in [-0.1, -0.05) is 12.1 Å². The molecule has 1 saturated heterocycles. The molecule has 4 heteroatoms. The quantitative estimate of drug-likeness (QED) is 0.723. The molecule has 0 amide bonds. The topological polar surface area (TPSA) is 44.8 Å². The van der Waals surface area contributed by atoms with E-state index in [0.29, 0.717) is 31.1 Å². The van der Waals surface area contributed by atoms with E-state index >= 15 is 0 Å². The zero-order chi connectivity index (χ0) is 11.4. The molecule has 1 aliphatic heterocycles. The number of carbonyl (C=O) groups is 1. The summed E-state index contributed by atoms with van der Waals surface area (Å²) < 4.78 is 15.6. The number of carbonyl (C=O) groups excluding carboxylic acids is 1. The van der Waals surface area contributed by atoms with E-state index in [1.807, 2.05) is 0 Å². The molecule has 1 aromatic carbocycles. The highest BCUT2D eigenvalue weighted by molar-refractivity contribution is 5.99. The lowest BCUT2D eigenvalue weighted by atomic mass is 10.1. The molecule has 2 rings (SSSR count). The highest BCUT2D eigenvalue weighted by atomic mass is 16.6.